The van der Waals surface area contributed by atoms with E-state index in [0.717, 1.165) is 30.8 Å². The molecular weight excluding hydrogens is 258 g/mol. The third kappa shape index (κ3) is 3.95. The zero-order valence-corrected chi connectivity index (χ0v) is 12.8. The fraction of sp³-hybridized carbons (Fsp3) is 0.625. The van der Waals surface area contributed by atoms with Crippen molar-refractivity contribution >= 4 is 11.6 Å². The van der Waals surface area contributed by atoms with Gasteiger partial charge in [0, 0.05) is 17.5 Å². The van der Waals surface area contributed by atoms with Crippen LogP contribution < -0.4 is 5.32 Å². The van der Waals surface area contributed by atoms with Gasteiger partial charge >= 0.3 is 0 Å². The summed E-state index contributed by atoms with van der Waals surface area (Å²) >= 11 is 6.33. The third-order valence-electron chi connectivity index (χ3n) is 3.90. The molecule has 1 aromatic carbocycles. The van der Waals surface area contributed by atoms with Crippen LogP contribution in [0.5, 0.6) is 0 Å². The number of hydrogen-bond acceptors (Lipinski definition) is 2. The minimum atomic E-state index is 0.0370. The lowest BCUT2D eigenvalue weighted by molar-refractivity contribution is -0.0208. The molecule has 1 saturated heterocycles. The van der Waals surface area contributed by atoms with Crippen molar-refractivity contribution in [3.8, 4) is 0 Å². The SMILES string of the molecule is CNCC(CC1CCC(C)(C)O1)c1ccccc1Cl. The maximum Gasteiger partial charge on any atom is 0.0631 e. The Labute approximate surface area is 121 Å². The molecule has 106 valence electrons. The van der Waals surface area contributed by atoms with Crippen molar-refractivity contribution in [1.82, 2.24) is 5.32 Å². The molecule has 0 bridgehead atoms. The maximum absolute atomic E-state index is 6.33. The molecule has 1 aliphatic rings. The average Bonchev–Trinajstić information content (AvgIpc) is 2.69. The normalized spacial score (nSPS) is 23.5. The van der Waals surface area contributed by atoms with E-state index in [-0.39, 0.29) is 5.60 Å². The Morgan fingerprint density at radius 3 is 2.74 bits per heavy atom. The monoisotopic (exact) mass is 281 g/mol. The highest BCUT2D eigenvalue weighted by Crippen LogP contribution is 2.36. The molecule has 2 nitrogen and oxygen atoms in total. The predicted molar refractivity (Wildman–Crippen MR) is 80.9 cm³/mol. The predicted octanol–water partition coefficient (Wildman–Crippen LogP) is 3.99. The van der Waals surface area contributed by atoms with E-state index in [0.29, 0.717) is 12.0 Å². The topological polar surface area (TPSA) is 21.3 Å². The van der Waals surface area contributed by atoms with Gasteiger partial charge in [-0.1, -0.05) is 29.8 Å². The standard InChI is InChI=1S/C16H24ClNO/c1-16(2)9-8-13(19-16)10-12(11-18-3)14-6-4-5-7-15(14)17/h4-7,12-13,18H,8-11H2,1-3H3. The summed E-state index contributed by atoms with van der Waals surface area (Å²) in [5.41, 5.74) is 1.27. The van der Waals surface area contributed by atoms with Crippen LogP contribution in [0.25, 0.3) is 0 Å². The van der Waals surface area contributed by atoms with Crippen molar-refractivity contribution in [2.75, 3.05) is 13.6 Å². The molecule has 2 rings (SSSR count). The largest absolute Gasteiger partial charge is 0.372 e. The van der Waals surface area contributed by atoms with Gasteiger partial charge in [-0.25, -0.2) is 0 Å². The second kappa shape index (κ2) is 6.25. The second-order valence-corrected chi connectivity index (χ2v) is 6.46. The molecule has 0 aliphatic carbocycles. The van der Waals surface area contributed by atoms with E-state index in [4.69, 9.17) is 16.3 Å². The molecule has 1 aromatic rings. The molecular formula is C16H24ClNO. The Morgan fingerprint density at radius 1 is 1.42 bits per heavy atom. The first-order valence-corrected chi connectivity index (χ1v) is 7.46. The maximum atomic E-state index is 6.33. The first kappa shape index (κ1) is 14.8. The van der Waals surface area contributed by atoms with Crippen molar-refractivity contribution in [1.29, 1.82) is 0 Å². The fourth-order valence-electron chi connectivity index (χ4n) is 2.93. The molecule has 19 heavy (non-hydrogen) atoms. The van der Waals surface area contributed by atoms with Crippen LogP contribution in [0, 0.1) is 0 Å². The van der Waals surface area contributed by atoms with E-state index in [1.807, 2.05) is 19.2 Å². The molecule has 1 N–H and O–H groups in total. The molecule has 0 amide bonds. The van der Waals surface area contributed by atoms with Crippen LogP contribution in [0.3, 0.4) is 0 Å². The van der Waals surface area contributed by atoms with Gasteiger partial charge in [0.1, 0.15) is 0 Å². The fourth-order valence-corrected chi connectivity index (χ4v) is 3.22. The summed E-state index contributed by atoms with van der Waals surface area (Å²) in [5, 5.41) is 4.14. The highest BCUT2D eigenvalue weighted by molar-refractivity contribution is 6.31. The molecule has 1 aliphatic heterocycles. The number of halogens is 1. The Bertz CT molecular complexity index is 419. The van der Waals surface area contributed by atoms with Gasteiger partial charge in [-0.2, -0.15) is 0 Å². The lowest BCUT2D eigenvalue weighted by Gasteiger charge is -2.24. The highest BCUT2D eigenvalue weighted by atomic mass is 35.5. The van der Waals surface area contributed by atoms with Gasteiger partial charge in [0.15, 0.2) is 0 Å². The summed E-state index contributed by atoms with van der Waals surface area (Å²) in [6.07, 6.45) is 3.68. The minimum Gasteiger partial charge on any atom is -0.372 e. The number of benzene rings is 1. The summed E-state index contributed by atoms with van der Waals surface area (Å²) in [5.74, 6) is 0.414. The smallest absolute Gasteiger partial charge is 0.0631 e. The van der Waals surface area contributed by atoms with Crippen LogP contribution in [0.1, 0.15) is 44.6 Å². The quantitative estimate of drug-likeness (QED) is 0.881. The van der Waals surface area contributed by atoms with Crippen LogP contribution in [0.15, 0.2) is 24.3 Å². The molecule has 0 saturated carbocycles. The van der Waals surface area contributed by atoms with E-state index in [9.17, 15) is 0 Å². The first-order chi connectivity index (χ1) is 9.02. The van der Waals surface area contributed by atoms with Gasteiger partial charge in [-0.05, 0) is 51.8 Å². The van der Waals surface area contributed by atoms with E-state index in [2.05, 4.69) is 31.3 Å². The molecule has 3 heteroatoms. The van der Waals surface area contributed by atoms with E-state index in [1.165, 1.54) is 5.56 Å². The van der Waals surface area contributed by atoms with Crippen LogP contribution in [0.2, 0.25) is 5.02 Å². The van der Waals surface area contributed by atoms with E-state index < -0.39 is 0 Å². The Kier molecular flexibility index (Phi) is 4.88. The zero-order valence-electron chi connectivity index (χ0n) is 12.1. The van der Waals surface area contributed by atoms with Crippen LogP contribution in [-0.4, -0.2) is 25.3 Å². The van der Waals surface area contributed by atoms with Crippen molar-refractivity contribution in [2.45, 2.75) is 50.7 Å². The highest BCUT2D eigenvalue weighted by Gasteiger charge is 2.33. The number of rotatable bonds is 5. The third-order valence-corrected chi connectivity index (χ3v) is 4.24. The lowest BCUT2D eigenvalue weighted by atomic mass is 9.91. The molecule has 0 aromatic heterocycles. The number of hydrogen-bond donors (Lipinski definition) is 1. The minimum absolute atomic E-state index is 0.0370. The van der Waals surface area contributed by atoms with Gasteiger partial charge in [-0.3, -0.25) is 0 Å². The Balaban J connectivity index is 2.07. The summed E-state index contributed by atoms with van der Waals surface area (Å²) in [6.45, 7) is 5.29. The average molecular weight is 282 g/mol. The molecule has 2 atom stereocenters. The number of likely N-dealkylation sites (N-methyl/N-ethyl adjacent to an activating group) is 1. The van der Waals surface area contributed by atoms with Crippen molar-refractivity contribution in [3.63, 3.8) is 0 Å². The summed E-state index contributed by atoms with van der Waals surface area (Å²) in [4.78, 5) is 0. The molecule has 0 spiro atoms. The molecule has 0 radical (unpaired) electrons. The van der Waals surface area contributed by atoms with Gasteiger partial charge in [0.05, 0.1) is 11.7 Å². The van der Waals surface area contributed by atoms with E-state index in [1.54, 1.807) is 0 Å². The second-order valence-electron chi connectivity index (χ2n) is 6.05. The Morgan fingerprint density at radius 2 is 2.16 bits per heavy atom. The van der Waals surface area contributed by atoms with Crippen molar-refractivity contribution in [3.05, 3.63) is 34.9 Å². The zero-order chi connectivity index (χ0) is 13.9. The van der Waals surface area contributed by atoms with Gasteiger partial charge in [-0.15, -0.1) is 0 Å². The first-order valence-electron chi connectivity index (χ1n) is 7.08. The summed E-state index contributed by atoms with van der Waals surface area (Å²) in [6, 6.07) is 8.14. The molecule has 1 fully saturated rings. The summed E-state index contributed by atoms with van der Waals surface area (Å²) in [7, 11) is 1.99. The lowest BCUT2D eigenvalue weighted by Crippen LogP contribution is -2.25. The van der Waals surface area contributed by atoms with Crippen LogP contribution in [0.4, 0.5) is 0 Å². The van der Waals surface area contributed by atoms with Crippen molar-refractivity contribution < 1.29 is 4.74 Å². The van der Waals surface area contributed by atoms with Gasteiger partial charge in [0.2, 0.25) is 0 Å². The number of nitrogens with one attached hydrogen (secondary N) is 1. The Hall–Kier alpha value is -0.570. The van der Waals surface area contributed by atoms with Crippen LogP contribution >= 0.6 is 11.6 Å². The molecule has 1 heterocycles. The number of ether oxygens (including phenoxy) is 1. The molecule has 2 unspecified atom stereocenters. The van der Waals surface area contributed by atoms with Gasteiger partial charge in [0.25, 0.3) is 0 Å². The van der Waals surface area contributed by atoms with Gasteiger partial charge < -0.3 is 10.1 Å². The van der Waals surface area contributed by atoms with Crippen LogP contribution in [-0.2, 0) is 4.74 Å². The van der Waals surface area contributed by atoms with E-state index >= 15 is 0 Å². The summed E-state index contributed by atoms with van der Waals surface area (Å²) < 4.78 is 6.12. The van der Waals surface area contributed by atoms with Crippen molar-refractivity contribution in [2.24, 2.45) is 0 Å².